The molecule has 0 aliphatic carbocycles. The third kappa shape index (κ3) is 3.35. The molecule has 142 valence electrons. The molecule has 5 nitrogen and oxygen atoms in total. The summed E-state index contributed by atoms with van der Waals surface area (Å²) in [6.07, 6.45) is -1.31. The normalized spacial score (nSPS) is 11.3. The topological polar surface area (TPSA) is 47.4 Å². The number of pyridine rings is 2. The van der Waals surface area contributed by atoms with Crippen molar-refractivity contribution in [2.75, 3.05) is 19.1 Å². The van der Waals surface area contributed by atoms with E-state index in [1.54, 1.807) is 44.1 Å². The van der Waals surface area contributed by atoms with Crippen LogP contribution in [0.5, 0.6) is 5.75 Å². The maximum Gasteiger partial charge on any atom is 0.266 e. The van der Waals surface area contributed by atoms with Crippen LogP contribution in [0, 0.1) is 6.92 Å². The second-order valence-corrected chi connectivity index (χ2v) is 6.56. The molecule has 0 aliphatic rings. The Balaban J connectivity index is 2.27. The summed E-state index contributed by atoms with van der Waals surface area (Å²) in [4.78, 5) is 17.9. The number of hydrogen-bond acceptors (Lipinski definition) is 4. The molecule has 1 aromatic carbocycles. The van der Waals surface area contributed by atoms with Gasteiger partial charge in [0.25, 0.3) is 12.0 Å². The van der Waals surface area contributed by atoms with Crippen molar-refractivity contribution in [1.82, 2.24) is 9.55 Å². The van der Waals surface area contributed by atoms with Crippen LogP contribution in [0.4, 0.5) is 20.2 Å². The van der Waals surface area contributed by atoms with E-state index in [1.807, 2.05) is 0 Å². The van der Waals surface area contributed by atoms with E-state index in [2.05, 4.69) is 4.98 Å². The minimum absolute atomic E-state index is 0.113. The number of methoxy groups -OCH3 is 1. The number of benzene rings is 1. The number of fused-ring (bicyclic) bond motifs is 1. The Morgan fingerprint density at radius 3 is 2.59 bits per heavy atom. The molecule has 2 aromatic heterocycles. The second kappa shape index (κ2) is 7.15. The van der Waals surface area contributed by atoms with E-state index in [9.17, 15) is 13.6 Å². The van der Waals surface area contributed by atoms with Crippen LogP contribution in [0.1, 0.15) is 17.6 Å². The highest BCUT2D eigenvalue weighted by atomic mass is 35.5. The van der Waals surface area contributed by atoms with Crippen molar-refractivity contribution in [2.45, 2.75) is 13.3 Å². The van der Waals surface area contributed by atoms with Crippen LogP contribution in [0.25, 0.3) is 10.9 Å². The van der Waals surface area contributed by atoms with Crippen LogP contribution >= 0.6 is 11.6 Å². The molecule has 0 saturated heterocycles. The minimum atomic E-state index is -2.73. The minimum Gasteiger partial charge on any atom is -0.497 e. The van der Waals surface area contributed by atoms with Gasteiger partial charge in [-0.2, -0.15) is 0 Å². The molecule has 0 fully saturated rings. The highest BCUT2D eigenvalue weighted by molar-refractivity contribution is 6.30. The fraction of sp³-hybridized carbons (Fsp3) is 0.263. The smallest absolute Gasteiger partial charge is 0.266 e. The fourth-order valence-electron chi connectivity index (χ4n) is 3.00. The van der Waals surface area contributed by atoms with E-state index in [-0.39, 0.29) is 16.3 Å². The van der Waals surface area contributed by atoms with Crippen LogP contribution in [0.3, 0.4) is 0 Å². The largest absolute Gasteiger partial charge is 0.497 e. The molecule has 0 spiro atoms. The number of nitrogens with zero attached hydrogens (tertiary/aromatic N) is 3. The van der Waals surface area contributed by atoms with Gasteiger partial charge < -0.3 is 14.2 Å². The Kier molecular flexibility index (Phi) is 5.06. The van der Waals surface area contributed by atoms with Crippen molar-refractivity contribution in [2.24, 2.45) is 7.05 Å². The highest BCUT2D eigenvalue weighted by Crippen LogP contribution is 2.36. The molecule has 0 N–H and O–H groups in total. The number of aryl methyl sites for hydroxylation is 2. The van der Waals surface area contributed by atoms with Gasteiger partial charge in [0.2, 0.25) is 0 Å². The number of rotatable bonds is 4. The van der Waals surface area contributed by atoms with E-state index >= 15 is 0 Å². The number of ether oxygens (including phenoxy) is 1. The lowest BCUT2D eigenvalue weighted by molar-refractivity contribution is 0.151. The van der Waals surface area contributed by atoms with Gasteiger partial charge in [0.05, 0.1) is 35.8 Å². The Labute approximate surface area is 159 Å². The summed E-state index contributed by atoms with van der Waals surface area (Å²) in [5.41, 5.74) is 1.92. The Morgan fingerprint density at radius 2 is 1.96 bits per heavy atom. The summed E-state index contributed by atoms with van der Waals surface area (Å²) in [6.45, 7) is 1.73. The summed E-state index contributed by atoms with van der Waals surface area (Å²) in [5.74, 6) is 0.541. The van der Waals surface area contributed by atoms with Crippen LogP contribution in [-0.4, -0.2) is 23.7 Å². The first-order valence-electron chi connectivity index (χ1n) is 8.10. The van der Waals surface area contributed by atoms with Crippen molar-refractivity contribution >= 4 is 33.9 Å². The molecule has 0 unspecified atom stereocenters. The number of hydrogen-bond donors (Lipinski definition) is 0. The molecule has 0 atom stereocenters. The molecular weight excluding hydrogens is 376 g/mol. The number of aromatic nitrogens is 2. The van der Waals surface area contributed by atoms with Crippen LogP contribution < -0.4 is 15.2 Å². The summed E-state index contributed by atoms with van der Waals surface area (Å²) in [6, 6.07) is 6.63. The molecule has 0 radical (unpaired) electrons. The van der Waals surface area contributed by atoms with Gasteiger partial charge in [0.1, 0.15) is 10.9 Å². The number of anilines is 2. The van der Waals surface area contributed by atoms with Gasteiger partial charge in [-0.05, 0) is 19.1 Å². The van der Waals surface area contributed by atoms with Crippen molar-refractivity contribution in [1.29, 1.82) is 0 Å². The third-order valence-corrected chi connectivity index (χ3v) is 4.86. The molecule has 0 bridgehead atoms. The molecule has 3 rings (SSSR count). The zero-order chi connectivity index (χ0) is 19.9. The molecule has 0 amide bonds. The van der Waals surface area contributed by atoms with E-state index in [1.165, 1.54) is 23.9 Å². The highest BCUT2D eigenvalue weighted by Gasteiger charge is 2.18. The molecule has 0 aliphatic heterocycles. The third-order valence-electron chi connectivity index (χ3n) is 4.55. The lowest BCUT2D eigenvalue weighted by Crippen LogP contribution is -2.20. The van der Waals surface area contributed by atoms with Crippen LogP contribution in [0.15, 0.2) is 35.3 Å². The predicted octanol–water partition coefficient (Wildman–Crippen LogP) is 4.61. The first-order valence-corrected chi connectivity index (χ1v) is 8.48. The quantitative estimate of drug-likeness (QED) is 0.607. The lowest BCUT2D eigenvalue weighted by atomic mass is 10.1. The first-order chi connectivity index (χ1) is 12.7. The molecule has 8 heteroatoms. The Hall–Kier alpha value is -2.67. The van der Waals surface area contributed by atoms with E-state index in [4.69, 9.17) is 16.3 Å². The maximum atomic E-state index is 13.2. The molecule has 27 heavy (non-hydrogen) atoms. The summed E-state index contributed by atoms with van der Waals surface area (Å²) < 4.78 is 33.3. The SMILES string of the molecule is COc1cc(N(C)c2cnc(Cl)c(C(F)F)c2)c2cc(C)c(=O)n(C)c2c1. The van der Waals surface area contributed by atoms with Gasteiger partial charge >= 0.3 is 0 Å². The van der Waals surface area contributed by atoms with Gasteiger partial charge in [-0.1, -0.05) is 11.6 Å². The zero-order valence-electron chi connectivity index (χ0n) is 15.3. The summed E-state index contributed by atoms with van der Waals surface area (Å²) in [7, 11) is 4.93. The predicted molar refractivity (Wildman–Crippen MR) is 103 cm³/mol. The van der Waals surface area contributed by atoms with Crippen molar-refractivity contribution < 1.29 is 13.5 Å². The van der Waals surface area contributed by atoms with Gasteiger partial charge in [-0.3, -0.25) is 4.79 Å². The van der Waals surface area contributed by atoms with Crippen LogP contribution in [0.2, 0.25) is 5.15 Å². The van der Waals surface area contributed by atoms with Gasteiger partial charge in [-0.15, -0.1) is 0 Å². The van der Waals surface area contributed by atoms with Gasteiger partial charge in [0, 0.05) is 37.2 Å². The van der Waals surface area contributed by atoms with E-state index in [0.717, 1.165) is 5.39 Å². The van der Waals surface area contributed by atoms with Crippen molar-refractivity contribution in [3.63, 3.8) is 0 Å². The average Bonchev–Trinajstić information content (AvgIpc) is 2.65. The van der Waals surface area contributed by atoms with Crippen LogP contribution in [-0.2, 0) is 7.05 Å². The Bertz CT molecular complexity index is 1080. The van der Waals surface area contributed by atoms with E-state index < -0.39 is 6.43 Å². The zero-order valence-corrected chi connectivity index (χ0v) is 16.0. The first kappa shape index (κ1) is 19.1. The lowest BCUT2D eigenvalue weighted by Gasteiger charge is -2.23. The second-order valence-electron chi connectivity index (χ2n) is 6.20. The molecule has 3 aromatic rings. The van der Waals surface area contributed by atoms with Crippen molar-refractivity contribution in [3.05, 3.63) is 57.1 Å². The fourth-order valence-corrected chi connectivity index (χ4v) is 3.19. The van der Waals surface area contributed by atoms with Gasteiger partial charge in [-0.25, -0.2) is 13.8 Å². The number of alkyl halides is 2. The van der Waals surface area contributed by atoms with E-state index in [0.29, 0.717) is 28.2 Å². The summed E-state index contributed by atoms with van der Waals surface area (Å²) >= 11 is 5.78. The maximum absolute atomic E-state index is 13.2. The Morgan fingerprint density at radius 1 is 1.26 bits per heavy atom. The molecule has 2 heterocycles. The molecule has 0 saturated carbocycles. The van der Waals surface area contributed by atoms with Gasteiger partial charge in [0.15, 0.2) is 0 Å². The average molecular weight is 394 g/mol. The summed E-state index contributed by atoms with van der Waals surface area (Å²) in [5, 5.41) is 0.558. The monoisotopic (exact) mass is 393 g/mol. The number of halogens is 3. The standard InChI is InChI=1S/C19H18ClF2N3O2/c1-10-5-13-15(7-12(27-4)8-16(13)25(3)19(10)26)24(2)11-6-14(18(21)22)17(20)23-9-11/h5-9,18H,1-4H3. The van der Waals surface area contributed by atoms with Crippen molar-refractivity contribution in [3.8, 4) is 5.75 Å². The molecular formula is C19H18ClF2N3O2.